The standard InChI is InChI=1S/C27H34N6OS/c1-17(2)25(26-29-30-31-33(26)22-8-5-6-9-22)32(16-23-10-7-11-35-23)15-21-14-20-12-18(3)19(4)13-24(20)28-27(21)34/h7,10-14,17,22,25H,5-6,8-9,15-16H2,1-4H3,(H,28,34). The molecule has 0 amide bonds. The number of aromatic nitrogens is 5. The molecule has 0 aliphatic heterocycles. The lowest BCUT2D eigenvalue weighted by Gasteiger charge is -2.33. The van der Waals surface area contributed by atoms with Crippen LogP contribution in [0.2, 0.25) is 0 Å². The van der Waals surface area contributed by atoms with E-state index in [0.29, 0.717) is 12.6 Å². The predicted molar refractivity (Wildman–Crippen MR) is 141 cm³/mol. The maximum atomic E-state index is 13.2. The molecule has 1 aliphatic carbocycles. The first kappa shape index (κ1) is 23.9. The van der Waals surface area contributed by atoms with Gasteiger partial charge in [0.25, 0.3) is 5.56 Å². The molecule has 7 nitrogen and oxygen atoms in total. The Morgan fingerprint density at radius 3 is 2.63 bits per heavy atom. The SMILES string of the molecule is Cc1cc2cc(CN(Cc3cccs3)C(c3nnnn3C3CCCC3)C(C)C)c(=O)[nH]c2cc1C. The minimum absolute atomic E-state index is 0.0115. The van der Waals surface area contributed by atoms with E-state index in [4.69, 9.17) is 0 Å². The molecule has 0 bridgehead atoms. The van der Waals surface area contributed by atoms with Gasteiger partial charge in [0.15, 0.2) is 5.82 Å². The fourth-order valence-corrected chi connectivity index (χ4v) is 6.13. The van der Waals surface area contributed by atoms with Crippen LogP contribution in [0.15, 0.2) is 40.5 Å². The van der Waals surface area contributed by atoms with Crippen molar-refractivity contribution in [3.05, 3.63) is 73.5 Å². The molecule has 1 N–H and O–H groups in total. The molecule has 1 atom stereocenters. The number of aromatic amines is 1. The Labute approximate surface area is 210 Å². The van der Waals surface area contributed by atoms with Gasteiger partial charge in [-0.2, -0.15) is 0 Å². The van der Waals surface area contributed by atoms with Gasteiger partial charge < -0.3 is 4.98 Å². The van der Waals surface area contributed by atoms with Gasteiger partial charge in [0, 0.05) is 29.0 Å². The van der Waals surface area contributed by atoms with Crippen molar-refractivity contribution >= 4 is 22.2 Å². The van der Waals surface area contributed by atoms with Gasteiger partial charge in [-0.25, -0.2) is 4.68 Å². The molecule has 0 saturated heterocycles. The average molecular weight is 491 g/mol. The second-order valence-electron chi connectivity index (χ2n) is 10.2. The summed E-state index contributed by atoms with van der Waals surface area (Å²) in [6.07, 6.45) is 4.69. The molecule has 4 aromatic rings. The van der Waals surface area contributed by atoms with Crippen LogP contribution in [0.3, 0.4) is 0 Å². The third-order valence-corrected chi connectivity index (χ3v) is 8.19. The minimum atomic E-state index is -0.0326. The molecule has 3 heterocycles. The quantitative estimate of drug-likeness (QED) is 0.342. The van der Waals surface area contributed by atoms with Crippen LogP contribution >= 0.6 is 11.3 Å². The number of hydrogen-bond donors (Lipinski definition) is 1. The minimum Gasteiger partial charge on any atom is -0.322 e. The summed E-state index contributed by atoms with van der Waals surface area (Å²) >= 11 is 1.74. The van der Waals surface area contributed by atoms with Gasteiger partial charge >= 0.3 is 0 Å². The van der Waals surface area contributed by atoms with Crippen LogP contribution in [0, 0.1) is 19.8 Å². The second-order valence-corrected chi connectivity index (χ2v) is 11.3. The topological polar surface area (TPSA) is 79.7 Å². The van der Waals surface area contributed by atoms with Gasteiger partial charge in [-0.15, -0.1) is 16.4 Å². The van der Waals surface area contributed by atoms with Crippen molar-refractivity contribution in [2.45, 2.75) is 78.6 Å². The number of tetrazole rings is 1. The first-order chi connectivity index (χ1) is 16.9. The summed E-state index contributed by atoms with van der Waals surface area (Å²) in [5, 5.41) is 16.2. The highest BCUT2D eigenvalue weighted by Crippen LogP contribution is 2.35. The van der Waals surface area contributed by atoms with Crippen LogP contribution in [0.5, 0.6) is 0 Å². The summed E-state index contributed by atoms with van der Waals surface area (Å²) in [5.74, 6) is 1.18. The fourth-order valence-electron chi connectivity index (χ4n) is 5.40. The monoisotopic (exact) mass is 490 g/mol. The lowest BCUT2D eigenvalue weighted by atomic mass is 9.99. The molecule has 1 aromatic carbocycles. The van der Waals surface area contributed by atoms with Gasteiger partial charge in [-0.3, -0.25) is 9.69 Å². The average Bonchev–Trinajstić information content (AvgIpc) is 3.58. The first-order valence-corrected chi connectivity index (χ1v) is 13.5. The molecule has 0 radical (unpaired) electrons. The van der Waals surface area contributed by atoms with E-state index in [1.807, 2.05) is 0 Å². The lowest BCUT2D eigenvalue weighted by molar-refractivity contribution is 0.124. The number of nitrogens with one attached hydrogen (secondary N) is 1. The van der Waals surface area contributed by atoms with E-state index < -0.39 is 0 Å². The third kappa shape index (κ3) is 4.95. The zero-order chi connectivity index (χ0) is 24.5. The Morgan fingerprint density at radius 1 is 1.14 bits per heavy atom. The largest absolute Gasteiger partial charge is 0.322 e. The van der Waals surface area contributed by atoms with Crippen molar-refractivity contribution in [2.24, 2.45) is 5.92 Å². The van der Waals surface area contributed by atoms with Gasteiger partial charge in [0.2, 0.25) is 0 Å². The molecule has 1 fully saturated rings. The van der Waals surface area contributed by atoms with Crippen LogP contribution < -0.4 is 5.56 Å². The molecule has 184 valence electrons. The van der Waals surface area contributed by atoms with Crippen LogP contribution in [0.1, 0.15) is 79.0 Å². The van der Waals surface area contributed by atoms with E-state index in [2.05, 4.69) is 93.5 Å². The number of fused-ring (bicyclic) bond motifs is 1. The van der Waals surface area contributed by atoms with E-state index in [9.17, 15) is 4.79 Å². The predicted octanol–water partition coefficient (Wildman–Crippen LogP) is 5.71. The second kappa shape index (κ2) is 10.0. The van der Waals surface area contributed by atoms with Crippen LogP contribution in [0.25, 0.3) is 10.9 Å². The van der Waals surface area contributed by atoms with Gasteiger partial charge in [-0.05, 0) is 89.2 Å². The van der Waals surface area contributed by atoms with Crippen molar-refractivity contribution < 1.29 is 0 Å². The summed E-state index contributed by atoms with van der Waals surface area (Å²) in [6.45, 7) is 9.89. The van der Waals surface area contributed by atoms with E-state index in [0.717, 1.165) is 41.7 Å². The van der Waals surface area contributed by atoms with E-state index >= 15 is 0 Å². The zero-order valence-corrected chi connectivity index (χ0v) is 21.8. The normalized spacial score (nSPS) is 15.6. The van der Waals surface area contributed by atoms with Crippen molar-refractivity contribution in [3.63, 3.8) is 0 Å². The molecule has 5 rings (SSSR count). The molecule has 3 aromatic heterocycles. The number of nitrogens with zero attached hydrogens (tertiary/aromatic N) is 5. The summed E-state index contributed by atoms with van der Waals surface area (Å²) in [5.41, 5.74) is 4.02. The number of hydrogen-bond acceptors (Lipinski definition) is 6. The molecule has 1 aliphatic rings. The van der Waals surface area contributed by atoms with E-state index in [1.165, 1.54) is 28.8 Å². The number of pyridine rings is 1. The lowest BCUT2D eigenvalue weighted by Crippen LogP contribution is -2.35. The summed E-state index contributed by atoms with van der Waals surface area (Å²) in [4.78, 5) is 20.0. The fraction of sp³-hybridized carbons (Fsp3) is 0.481. The Hall–Kier alpha value is -2.84. The highest BCUT2D eigenvalue weighted by molar-refractivity contribution is 7.09. The van der Waals surface area contributed by atoms with Crippen molar-refractivity contribution in [1.29, 1.82) is 0 Å². The number of thiophene rings is 1. The van der Waals surface area contributed by atoms with Gasteiger partial charge in [-0.1, -0.05) is 32.8 Å². The van der Waals surface area contributed by atoms with Crippen molar-refractivity contribution in [1.82, 2.24) is 30.1 Å². The Morgan fingerprint density at radius 2 is 1.91 bits per heavy atom. The maximum absolute atomic E-state index is 13.2. The van der Waals surface area contributed by atoms with Crippen LogP contribution in [0.4, 0.5) is 0 Å². The smallest absolute Gasteiger partial charge is 0.252 e. The number of benzene rings is 1. The molecule has 1 saturated carbocycles. The van der Waals surface area contributed by atoms with Crippen LogP contribution in [-0.4, -0.2) is 30.1 Å². The summed E-state index contributed by atoms with van der Waals surface area (Å²) in [7, 11) is 0. The number of rotatable bonds is 8. The van der Waals surface area contributed by atoms with E-state index in [-0.39, 0.29) is 17.5 Å². The first-order valence-electron chi connectivity index (χ1n) is 12.6. The highest BCUT2D eigenvalue weighted by Gasteiger charge is 2.32. The van der Waals surface area contributed by atoms with Gasteiger partial charge in [0.1, 0.15) is 0 Å². The molecule has 1 unspecified atom stereocenters. The summed E-state index contributed by atoms with van der Waals surface area (Å²) < 4.78 is 2.07. The molecule has 0 spiro atoms. The number of H-pyrrole nitrogens is 1. The third-order valence-electron chi connectivity index (χ3n) is 7.33. The Kier molecular flexibility index (Phi) is 6.84. The van der Waals surface area contributed by atoms with E-state index in [1.54, 1.807) is 11.3 Å². The highest BCUT2D eigenvalue weighted by atomic mass is 32.1. The molecule has 35 heavy (non-hydrogen) atoms. The van der Waals surface area contributed by atoms with Crippen molar-refractivity contribution in [2.75, 3.05) is 0 Å². The number of aryl methyl sites for hydroxylation is 2. The Bertz CT molecular complexity index is 1350. The van der Waals surface area contributed by atoms with Crippen LogP contribution in [-0.2, 0) is 13.1 Å². The van der Waals surface area contributed by atoms with Gasteiger partial charge in [0.05, 0.1) is 12.1 Å². The molecular weight excluding hydrogens is 456 g/mol. The van der Waals surface area contributed by atoms with Crippen molar-refractivity contribution in [3.8, 4) is 0 Å². The summed E-state index contributed by atoms with van der Waals surface area (Å²) in [6, 6.07) is 10.9. The molecular formula is C27H34N6OS. The zero-order valence-electron chi connectivity index (χ0n) is 21.0. The Balaban J connectivity index is 1.56. The molecule has 8 heteroatoms. The maximum Gasteiger partial charge on any atom is 0.252 e.